The van der Waals surface area contributed by atoms with E-state index in [4.69, 9.17) is 10.9 Å². The van der Waals surface area contributed by atoms with Gasteiger partial charge in [-0.3, -0.25) is 14.8 Å². The molecule has 0 aromatic heterocycles. The number of rotatable bonds is 3. The zero-order valence-corrected chi connectivity index (χ0v) is 6.47. The molecule has 0 bridgehead atoms. The van der Waals surface area contributed by atoms with Crippen molar-refractivity contribution < 1.29 is 28.0 Å². The molecule has 0 radical (unpaired) electrons. The molecule has 8 heteroatoms. The molecule has 4 N–H and O–H groups in total. The van der Waals surface area contributed by atoms with Crippen LogP contribution in [0.2, 0.25) is 0 Å². The molecule has 0 heterocycles. The number of hydroxylamine groups is 1. The molecule has 78 valence electrons. The summed E-state index contributed by atoms with van der Waals surface area (Å²) in [6.07, 6.45) is -0.0990. The highest BCUT2D eigenvalue weighted by Gasteiger charge is 2.00. The quantitative estimate of drug-likeness (QED) is 0.442. The van der Waals surface area contributed by atoms with Gasteiger partial charge in [-0.25, -0.2) is 5.48 Å². The highest BCUT2D eigenvalue weighted by atomic mass is 19.4. The number of carbonyl (C=O) groups is 2. The summed E-state index contributed by atoms with van der Waals surface area (Å²) in [6.45, 7) is -3.67. The first-order valence-electron chi connectivity index (χ1n) is 3.03. The van der Waals surface area contributed by atoms with Gasteiger partial charge >= 0.3 is 6.68 Å². The summed E-state index contributed by atoms with van der Waals surface area (Å²) in [5.74, 6) is -1.16. The molecule has 0 aromatic rings. The predicted octanol–water partition coefficient (Wildman–Crippen LogP) is -0.0642. The van der Waals surface area contributed by atoms with Crippen molar-refractivity contribution >= 4 is 11.8 Å². The van der Waals surface area contributed by atoms with E-state index in [1.165, 1.54) is 5.48 Å². The summed E-state index contributed by atoms with van der Waals surface area (Å²) in [5, 5.41) is 7.90. The van der Waals surface area contributed by atoms with E-state index >= 15 is 0 Å². The fourth-order valence-electron chi connectivity index (χ4n) is 0.293. The normalized spacial score (nSPS) is 8.69. The highest BCUT2D eigenvalue weighted by Crippen LogP contribution is 1.87. The Balaban J connectivity index is 0. The third kappa shape index (κ3) is 24.9. The summed E-state index contributed by atoms with van der Waals surface area (Å²) in [6, 6.07) is 0. The molecule has 0 fully saturated rings. The van der Waals surface area contributed by atoms with Gasteiger partial charge in [0.05, 0.1) is 0 Å². The van der Waals surface area contributed by atoms with Gasteiger partial charge in [0.15, 0.2) is 0 Å². The van der Waals surface area contributed by atoms with Gasteiger partial charge in [-0.2, -0.15) is 13.2 Å². The zero-order chi connectivity index (χ0) is 10.9. The maximum atomic E-state index is 10.1. The van der Waals surface area contributed by atoms with Gasteiger partial charge in [-0.15, -0.1) is 0 Å². The largest absolute Gasteiger partial charge is 0.379 e. The molecule has 5 nitrogen and oxygen atoms in total. The second kappa shape index (κ2) is 8.78. The van der Waals surface area contributed by atoms with Crippen molar-refractivity contribution in [1.82, 2.24) is 5.48 Å². The number of nitrogens with two attached hydrogens (primary N) is 1. The van der Waals surface area contributed by atoms with Gasteiger partial charge < -0.3 is 5.73 Å². The van der Waals surface area contributed by atoms with Crippen molar-refractivity contribution in [3.63, 3.8) is 0 Å². The molecule has 0 unspecified atom stereocenters. The van der Waals surface area contributed by atoms with Crippen LogP contribution in [0.1, 0.15) is 12.8 Å². The highest BCUT2D eigenvalue weighted by molar-refractivity contribution is 5.82. The Kier molecular flexibility index (Phi) is 9.61. The van der Waals surface area contributed by atoms with E-state index in [2.05, 4.69) is 0 Å². The maximum Gasteiger partial charge on any atom is 0.379 e. The predicted molar refractivity (Wildman–Crippen MR) is 35.5 cm³/mol. The fraction of sp³-hybridized carbons (Fsp3) is 0.600. The third-order valence-electron chi connectivity index (χ3n) is 0.723. The van der Waals surface area contributed by atoms with Gasteiger partial charge in [0.25, 0.3) is 0 Å². The topological polar surface area (TPSA) is 92.4 Å². The minimum Gasteiger partial charge on any atom is -0.370 e. The summed E-state index contributed by atoms with van der Waals surface area (Å²) < 4.78 is 29.0. The van der Waals surface area contributed by atoms with E-state index in [-0.39, 0.29) is 12.8 Å². The Bertz CT molecular complexity index is 162. The fourth-order valence-corrected chi connectivity index (χ4v) is 0.293. The Hall–Kier alpha value is -1.31. The Morgan fingerprint density at radius 1 is 1.31 bits per heavy atom. The van der Waals surface area contributed by atoms with Crippen LogP contribution in [0, 0.1) is 0 Å². The molecular weight excluding hydrogens is 193 g/mol. The van der Waals surface area contributed by atoms with Crippen LogP contribution < -0.4 is 11.2 Å². The molecule has 0 spiro atoms. The number of hydrogen-bond donors (Lipinski definition) is 3. The molecule has 0 aliphatic carbocycles. The number of carbonyl (C=O) groups excluding carboxylic acids is 2. The van der Waals surface area contributed by atoms with Gasteiger partial charge in [0, 0.05) is 12.8 Å². The first kappa shape index (κ1) is 14.2. The molecule has 13 heavy (non-hydrogen) atoms. The zero-order valence-electron chi connectivity index (χ0n) is 6.47. The number of amides is 2. The van der Waals surface area contributed by atoms with Crippen LogP contribution in [0.4, 0.5) is 13.2 Å². The first-order chi connectivity index (χ1) is 5.90. The van der Waals surface area contributed by atoms with Crippen molar-refractivity contribution in [3.8, 4) is 0 Å². The molecule has 0 aliphatic heterocycles. The van der Waals surface area contributed by atoms with Gasteiger partial charge in [0.2, 0.25) is 11.8 Å². The monoisotopic (exact) mass is 202 g/mol. The number of hydrogen-bond acceptors (Lipinski definition) is 3. The van der Waals surface area contributed by atoms with E-state index in [9.17, 15) is 22.8 Å². The van der Waals surface area contributed by atoms with Crippen LogP contribution in [-0.4, -0.2) is 23.7 Å². The lowest BCUT2D eigenvalue weighted by Gasteiger charge is -1.92. The van der Waals surface area contributed by atoms with Crippen molar-refractivity contribution in [3.05, 3.63) is 0 Å². The molecule has 0 aromatic carbocycles. The minimum atomic E-state index is -3.67. The Morgan fingerprint density at radius 2 is 1.69 bits per heavy atom. The van der Waals surface area contributed by atoms with Gasteiger partial charge in [-0.05, 0) is 0 Å². The minimum absolute atomic E-state index is 0.0353. The first-order valence-corrected chi connectivity index (χ1v) is 3.03. The molecule has 2 amide bonds. The molecular formula is C5H9F3N2O3. The van der Waals surface area contributed by atoms with Crippen LogP contribution in [0.25, 0.3) is 0 Å². The van der Waals surface area contributed by atoms with E-state index in [0.717, 1.165) is 0 Å². The van der Waals surface area contributed by atoms with Gasteiger partial charge in [0.1, 0.15) is 0 Å². The molecule has 0 rings (SSSR count). The van der Waals surface area contributed by atoms with Crippen LogP contribution >= 0.6 is 0 Å². The summed E-state index contributed by atoms with van der Waals surface area (Å²) in [5.41, 5.74) is 6.07. The molecule has 0 saturated carbocycles. The van der Waals surface area contributed by atoms with Crippen LogP contribution in [0.15, 0.2) is 0 Å². The number of primary amides is 1. The second-order valence-electron chi connectivity index (χ2n) is 1.75. The molecule has 0 saturated heterocycles. The summed E-state index contributed by atoms with van der Waals surface area (Å²) in [7, 11) is 0. The lowest BCUT2D eigenvalue weighted by Crippen LogP contribution is -2.21. The second-order valence-corrected chi connectivity index (χ2v) is 1.75. The van der Waals surface area contributed by atoms with Crippen LogP contribution in [0.3, 0.4) is 0 Å². The van der Waals surface area contributed by atoms with Crippen molar-refractivity contribution in [1.29, 1.82) is 0 Å². The number of alkyl halides is 3. The van der Waals surface area contributed by atoms with E-state index in [1.807, 2.05) is 0 Å². The summed E-state index contributed by atoms with van der Waals surface area (Å²) >= 11 is 0. The number of halogens is 3. The van der Waals surface area contributed by atoms with E-state index in [0.29, 0.717) is 0 Å². The van der Waals surface area contributed by atoms with Crippen LogP contribution in [-0.2, 0) is 9.59 Å². The standard InChI is InChI=1S/C4H8N2O3.CHF3/c5-3(7)1-2-4(8)6-9;2-1(3)4/h9H,1-2H2,(H2,5,7)(H,6,8);1H. The molecule has 0 atom stereocenters. The van der Waals surface area contributed by atoms with Gasteiger partial charge in [-0.1, -0.05) is 0 Å². The Morgan fingerprint density at radius 3 is 1.92 bits per heavy atom. The van der Waals surface area contributed by atoms with E-state index in [1.54, 1.807) is 0 Å². The van der Waals surface area contributed by atoms with Crippen LogP contribution in [0.5, 0.6) is 0 Å². The molecule has 0 aliphatic rings. The Labute approximate surface area is 71.7 Å². The smallest absolute Gasteiger partial charge is 0.370 e. The summed E-state index contributed by atoms with van der Waals surface area (Å²) in [4.78, 5) is 20.1. The van der Waals surface area contributed by atoms with Crippen molar-refractivity contribution in [2.75, 3.05) is 0 Å². The third-order valence-corrected chi connectivity index (χ3v) is 0.723. The van der Waals surface area contributed by atoms with Crippen molar-refractivity contribution in [2.45, 2.75) is 19.5 Å². The average molecular weight is 202 g/mol. The van der Waals surface area contributed by atoms with Crippen molar-refractivity contribution in [2.24, 2.45) is 5.73 Å². The lowest BCUT2D eigenvalue weighted by molar-refractivity contribution is -0.131. The lowest BCUT2D eigenvalue weighted by atomic mass is 10.3. The average Bonchev–Trinajstić information content (AvgIpc) is 1.99. The number of nitrogens with one attached hydrogen (secondary N) is 1. The maximum absolute atomic E-state index is 10.1. The van der Waals surface area contributed by atoms with E-state index < -0.39 is 18.5 Å². The SMILES string of the molecule is FC(F)F.NC(=O)CCC(=O)NO.